The van der Waals surface area contributed by atoms with E-state index in [0.29, 0.717) is 24.2 Å². The number of hydrogen-bond acceptors (Lipinski definition) is 2. The van der Waals surface area contributed by atoms with Crippen molar-refractivity contribution in [3.05, 3.63) is 35.4 Å². The van der Waals surface area contributed by atoms with Gasteiger partial charge in [-0.1, -0.05) is 24.3 Å². The zero-order valence-electron chi connectivity index (χ0n) is 12.5. The maximum absolute atomic E-state index is 5.89. The van der Waals surface area contributed by atoms with Gasteiger partial charge in [0.1, 0.15) is 0 Å². The molecule has 0 spiro atoms. The first-order valence-corrected chi connectivity index (χ1v) is 8.04. The summed E-state index contributed by atoms with van der Waals surface area (Å²) in [4.78, 5) is 4.36. The highest BCUT2D eigenvalue weighted by Crippen LogP contribution is 2.35. The van der Waals surface area contributed by atoms with Crippen molar-refractivity contribution in [2.75, 3.05) is 13.6 Å². The number of nitrogens with one attached hydrogen (secondary N) is 2. The summed E-state index contributed by atoms with van der Waals surface area (Å²) in [5, 5.41) is 7.02. The van der Waals surface area contributed by atoms with Crippen LogP contribution < -0.4 is 10.6 Å². The van der Waals surface area contributed by atoms with Crippen molar-refractivity contribution < 1.29 is 4.74 Å². The molecule has 2 bridgehead atoms. The van der Waals surface area contributed by atoms with Gasteiger partial charge in [-0.25, -0.2) is 0 Å². The third-order valence-corrected chi connectivity index (χ3v) is 5.13. The Labute approximate surface area is 126 Å². The Balaban J connectivity index is 1.30. The number of benzene rings is 1. The van der Waals surface area contributed by atoms with Crippen LogP contribution >= 0.6 is 0 Å². The Morgan fingerprint density at radius 3 is 2.95 bits per heavy atom. The van der Waals surface area contributed by atoms with Crippen molar-refractivity contribution in [1.29, 1.82) is 0 Å². The predicted molar refractivity (Wildman–Crippen MR) is 83.7 cm³/mol. The van der Waals surface area contributed by atoms with Gasteiger partial charge in [-0.2, -0.15) is 0 Å². The lowest BCUT2D eigenvalue weighted by Gasteiger charge is -2.31. The highest BCUT2D eigenvalue weighted by Gasteiger charge is 2.41. The molecule has 1 aromatic carbocycles. The van der Waals surface area contributed by atoms with Gasteiger partial charge in [-0.05, 0) is 36.8 Å². The Bertz CT molecular complexity index is 557. The van der Waals surface area contributed by atoms with Crippen LogP contribution in [0.1, 0.15) is 36.3 Å². The fourth-order valence-corrected chi connectivity index (χ4v) is 3.92. The van der Waals surface area contributed by atoms with Crippen LogP contribution in [0.4, 0.5) is 0 Å². The fourth-order valence-electron chi connectivity index (χ4n) is 3.92. The second kappa shape index (κ2) is 5.34. The van der Waals surface area contributed by atoms with E-state index in [1.54, 1.807) is 0 Å². The first-order valence-electron chi connectivity index (χ1n) is 8.04. The minimum absolute atomic E-state index is 0.387. The average Bonchev–Trinajstić information content (AvgIpc) is 3.09. The van der Waals surface area contributed by atoms with Gasteiger partial charge in [0.15, 0.2) is 5.96 Å². The first-order chi connectivity index (χ1) is 10.3. The van der Waals surface area contributed by atoms with Gasteiger partial charge < -0.3 is 15.4 Å². The Kier molecular flexibility index (Phi) is 3.34. The largest absolute Gasteiger partial charge is 0.373 e. The molecule has 4 atom stereocenters. The zero-order chi connectivity index (χ0) is 14.2. The number of aliphatic imine (C=N–C) groups is 1. The summed E-state index contributed by atoms with van der Waals surface area (Å²) in [7, 11) is 1.85. The maximum atomic E-state index is 5.89. The zero-order valence-corrected chi connectivity index (χ0v) is 12.5. The SMILES string of the molecule is CN=C(NCC1Cc2ccccc21)NC1CC2CCC1O2. The van der Waals surface area contributed by atoms with Gasteiger partial charge in [0.05, 0.1) is 18.2 Å². The molecule has 21 heavy (non-hydrogen) atoms. The molecular weight excluding hydrogens is 262 g/mol. The van der Waals surface area contributed by atoms with E-state index < -0.39 is 0 Å². The lowest BCUT2D eigenvalue weighted by Crippen LogP contribution is -2.48. The van der Waals surface area contributed by atoms with Crippen LogP contribution in [0.3, 0.4) is 0 Å². The summed E-state index contributed by atoms with van der Waals surface area (Å²) in [6.45, 7) is 0.957. The van der Waals surface area contributed by atoms with Gasteiger partial charge in [-0.3, -0.25) is 4.99 Å². The van der Waals surface area contributed by atoms with E-state index in [0.717, 1.165) is 18.9 Å². The molecule has 0 radical (unpaired) electrons. The van der Waals surface area contributed by atoms with E-state index in [9.17, 15) is 0 Å². The van der Waals surface area contributed by atoms with Crippen LogP contribution in [0.25, 0.3) is 0 Å². The molecule has 2 N–H and O–H groups in total. The van der Waals surface area contributed by atoms with Gasteiger partial charge in [0.2, 0.25) is 0 Å². The molecule has 4 heteroatoms. The summed E-state index contributed by atoms with van der Waals surface area (Å²) >= 11 is 0. The van der Waals surface area contributed by atoms with Crippen LogP contribution in [-0.4, -0.2) is 37.8 Å². The fraction of sp³-hybridized carbons (Fsp3) is 0.588. The minimum Gasteiger partial charge on any atom is -0.373 e. The van der Waals surface area contributed by atoms with Gasteiger partial charge >= 0.3 is 0 Å². The highest BCUT2D eigenvalue weighted by molar-refractivity contribution is 5.80. The molecule has 2 aliphatic heterocycles. The summed E-state index contributed by atoms with van der Waals surface area (Å²) in [5.74, 6) is 1.54. The van der Waals surface area contributed by atoms with Crippen LogP contribution in [-0.2, 0) is 11.2 Å². The Morgan fingerprint density at radius 2 is 2.24 bits per heavy atom. The van der Waals surface area contributed by atoms with Gasteiger partial charge in [0.25, 0.3) is 0 Å². The minimum atomic E-state index is 0.387. The number of ether oxygens (including phenoxy) is 1. The molecule has 1 aromatic rings. The molecule has 4 unspecified atom stereocenters. The van der Waals surface area contributed by atoms with Crippen LogP contribution in [0.15, 0.2) is 29.3 Å². The third kappa shape index (κ3) is 2.42. The molecule has 3 aliphatic rings. The number of rotatable bonds is 3. The van der Waals surface area contributed by atoms with Crippen molar-refractivity contribution in [2.45, 2.75) is 49.9 Å². The monoisotopic (exact) mass is 285 g/mol. The van der Waals surface area contributed by atoms with Crippen LogP contribution in [0, 0.1) is 0 Å². The normalized spacial score (nSPS) is 33.5. The summed E-state index contributed by atoms with van der Waals surface area (Å²) in [5.41, 5.74) is 2.98. The van der Waals surface area contributed by atoms with Crippen molar-refractivity contribution in [3.8, 4) is 0 Å². The molecule has 2 saturated heterocycles. The second-order valence-electron chi connectivity index (χ2n) is 6.41. The maximum Gasteiger partial charge on any atom is 0.191 e. The van der Waals surface area contributed by atoms with Crippen LogP contribution in [0.2, 0.25) is 0 Å². The second-order valence-corrected chi connectivity index (χ2v) is 6.41. The third-order valence-electron chi connectivity index (χ3n) is 5.13. The molecule has 2 heterocycles. The molecule has 2 fully saturated rings. The number of hydrogen-bond donors (Lipinski definition) is 2. The Morgan fingerprint density at radius 1 is 1.33 bits per heavy atom. The van der Waals surface area contributed by atoms with Gasteiger partial charge in [-0.15, -0.1) is 0 Å². The van der Waals surface area contributed by atoms with E-state index in [1.807, 2.05) is 7.05 Å². The van der Waals surface area contributed by atoms with Crippen molar-refractivity contribution in [1.82, 2.24) is 10.6 Å². The lowest BCUT2D eigenvalue weighted by atomic mass is 9.78. The summed E-state index contributed by atoms with van der Waals surface area (Å²) < 4.78 is 5.89. The topological polar surface area (TPSA) is 45.7 Å². The van der Waals surface area contributed by atoms with Crippen molar-refractivity contribution in [3.63, 3.8) is 0 Å². The predicted octanol–water partition coefficient (Wildman–Crippen LogP) is 1.81. The van der Waals surface area contributed by atoms with E-state index in [-0.39, 0.29) is 0 Å². The summed E-state index contributed by atoms with van der Waals surface area (Å²) in [6.07, 6.45) is 5.58. The van der Waals surface area contributed by atoms with E-state index in [4.69, 9.17) is 4.74 Å². The quantitative estimate of drug-likeness (QED) is 0.658. The van der Waals surface area contributed by atoms with E-state index in [2.05, 4.69) is 39.9 Å². The molecular formula is C17H23N3O. The average molecular weight is 285 g/mol. The van der Waals surface area contributed by atoms with Crippen molar-refractivity contribution in [2.24, 2.45) is 4.99 Å². The molecule has 0 saturated carbocycles. The van der Waals surface area contributed by atoms with E-state index in [1.165, 1.54) is 30.4 Å². The molecule has 1 aliphatic carbocycles. The number of guanidine groups is 1. The highest BCUT2D eigenvalue weighted by atomic mass is 16.5. The molecule has 0 amide bonds. The number of nitrogens with zero attached hydrogens (tertiary/aromatic N) is 1. The van der Waals surface area contributed by atoms with Crippen molar-refractivity contribution >= 4 is 5.96 Å². The van der Waals surface area contributed by atoms with Crippen LogP contribution in [0.5, 0.6) is 0 Å². The van der Waals surface area contributed by atoms with E-state index >= 15 is 0 Å². The molecule has 0 aromatic heterocycles. The standard InChI is InChI=1S/C17H23N3O/c1-18-17(20-15-9-13-6-7-16(15)21-13)19-10-12-8-11-4-2-3-5-14(11)12/h2-5,12-13,15-16H,6-10H2,1H3,(H2,18,19,20). The molecule has 4 nitrogen and oxygen atoms in total. The lowest BCUT2D eigenvalue weighted by molar-refractivity contribution is 0.0992. The summed E-state index contributed by atoms with van der Waals surface area (Å²) in [6, 6.07) is 9.16. The first kappa shape index (κ1) is 13.1. The Hall–Kier alpha value is -1.55. The number of fused-ring (bicyclic) bond motifs is 3. The smallest absolute Gasteiger partial charge is 0.191 e. The molecule has 4 rings (SSSR count). The van der Waals surface area contributed by atoms with Gasteiger partial charge in [0, 0.05) is 19.5 Å². The molecule has 112 valence electrons.